The Morgan fingerprint density at radius 2 is 2.13 bits per heavy atom. The van der Waals surface area contributed by atoms with E-state index in [1.165, 1.54) is 16.7 Å². The molecule has 0 saturated carbocycles. The predicted molar refractivity (Wildman–Crippen MR) is 95.9 cm³/mol. The van der Waals surface area contributed by atoms with Gasteiger partial charge in [0.25, 0.3) is 0 Å². The average molecular weight is 341 g/mol. The van der Waals surface area contributed by atoms with Gasteiger partial charge in [-0.15, -0.1) is 12.4 Å². The lowest BCUT2D eigenvalue weighted by molar-refractivity contribution is -0.144. The first kappa shape index (κ1) is 19.9. The summed E-state index contributed by atoms with van der Waals surface area (Å²) in [5.41, 5.74) is 9.39. The average Bonchev–Trinajstić information content (AvgIpc) is 2.48. The van der Waals surface area contributed by atoms with Crippen molar-refractivity contribution in [3.8, 4) is 0 Å². The number of aryl methyl sites for hydroxylation is 2. The minimum Gasteiger partial charge on any atom is -0.370 e. The predicted octanol–water partition coefficient (Wildman–Crippen LogP) is 3.14. The standard InChI is InChI=1S/C18H28N2O2.ClH/c1-12-5-6-13(2)16(9-12)17-10-20(15(4)11-22-17)18(21)8-7-14(3)19;/h5-6,9,14-15,17H,7-8,10-11,19H2,1-4H3;1H. The van der Waals surface area contributed by atoms with Crippen LogP contribution in [-0.2, 0) is 9.53 Å². The van der Waals surface area contributed by atoms with Crippen molar-refractivity contribution >= 4 is 18.3 Å². The topological polar surface area (TPSA) is 55.6 Å². The normalized spacial score (nSPS) is 22.4. The van der Waals surface area contributed by atoms with Crippen molar-refractivity contribution in [1.29, 1.82) is 0 Å². The lowest BCUT2D eigenvalue weighted by atomic mass is 9.98. The second-order valence-corrected chi connectivity index (χ2v) is 6.59. The lowest BCUT2D eigenvalue weighted by Crippen LogP contribution is -2.48. The van der Waals surface area contributed by atoms with E-state index in [4.69, 9.17) is 10.5 Å². The molecule has 23 heavy (non-hydrogen) atoms. The van der Waals surface area contributed by atoms with E-state index < -0.39 is 0 Å². The Morgan fingerprint density at radius 1 is 1.43 bits per heavy atom. The molecule has 1 aromatic rings. The van der Waals surface area contributed by atoms with Crippen LogP contribution in [0.25, 0.3) is 0 Å². The SMILES string of the molecule is Cc1ccc(C)c(C2CN(C(=O)CCC(C)N)C(C)CO2)c1.Cl. The van der Waals surface area contributed by atoms with Crippen LogP contribution in [0.15, 0.2) is 18.2 Å². The van der Waals surface area contributed by atoms with Gasteiger partial charge in [0.1, 0.15) is 6.10 Å². The summed E-state index contributed by atoms with van der Waals surface area (Å²) in [6.07, 6.45) is 1.22. The molecule has 2 N–H and O–H groups in total. The summed E-state index contributed by atoms with van der Waals surface area (Å²) in [4.78, 5) is 14.4. The van der Waals surface area contributed by atoms with E-state index >= 15 is 0 Å². The molecule has 1 saturated heterocycles. The third-order valence-electron chi connectivity index (χ3n) is 4.35. The number of carbonyl (C=O) groups is 1. The Bertz CT molecular complexity index is 534. The summed E-state index contributed by atoms with van der Waals surface area (Å²) in [6, 6.07) is 6.59. The minimum absolute atomic E-state index is 0. The van der Waals surface area contributed by atoms with Crippen molar-refractivity contribution in [2.75, 3.05) is 13.2 Å². The number of benzene rings is 1. The van der Waals surface area contributed by atoms with Crippen LogP contribution in [0.2, 0.25) is 0 Å². The van der Waals surface area contributed by atoms with Gasteiger partial charge in [0, 0.05) is 12.5 Å². The first-order chi connectivity index (χ1) is 10.4. The van der Waals surface area contributed by atoms with E-state index in [1.54, 1.807) is 0 Å². The Balaban J connectivity index is 0.00000264. The largest absolute Gasteiger partial charge is 0.370 e. The molecule has 3 atom stereocenters. The highest BCUT2D eigenvalue weighted by molar-refractivity contribution is 5.85. The number of morpholine rings is 1. The summed E-state index contributed by atoms with van der Waals surface area (Å²) in [6.45, 7) is 9.38. The smallest absolute Gasteiger partial charge is 0.223 e. The molecule has 5 heteroatoms. The molecule has 0 bridgehead atoms. The molecule has 1 fully saturated rings. The first-order valence-electron chi connectivity index (χ1n) is 8.12. The number of amides is 1. The number of nitrogens with zero attached hydrogens (tertiary/aromatic N) is 1. The molecule has 1 aliphatic heterocycles. The summed E-state index contributed by atoms with van der Waals surface area (Å²) in [7, 11) is 0. The fourth-order valence-electron chi connectivity index (χ4n) is 2.89. The fourth-order valence-corrected chi connectivity index (χ4v) is 2.89. The number of hydrogen-bond acceptors (Lipinski definition) is 3. The van der Waals surface area contributed by atoms with Crippen LogP contribution >= 0.6 is 12.4 Å². The van der Waals surface area contributed by atoms with Gasteiger partial charge in [-0.05, 0) is 45.2 Å². The molecule has 1 aliphatic rings. The van der Waals surface area contributed by atoms with Crippen molar-refractivity contribution in [3.63, 3.8) is 0 Å². The maximum absolute atomic E-state index is 12.5. The van der Waals surface area contributed by atoms with Crippen LogP contribution in [0.4, 0.5) is 0 Å². The molecule has 0 spiro atoms. The van der Waals surface area contributed by atoms with Gasteiger partial charge in [-0.2, -0.15) is 0 Å². The molecule has 0 radical (unpaired) electrons. The Labute approximate surface area is 145 Å². The second kappa shape index (κ2) is 8.67. The third kappa shape index (κ3) is 5.20. The van der Waals surface area contributed by atoms with Gasteiger partial charge in [-0.1, -0.05) is 23.8 Å². The number of halogens is 1. The third-order valence-corrected chi connectivity index (χ3v) is 4.35. The summed E-state index contributed by atoms with van der Waals surface area (Å²) in [5, 5.41) is 0. The number of nitrogens with two attached hydrogens (primary N) is 1. The van der Waals surface area contributed by atoms with Crippen molar-refractivity contribution in [1.82, 2.24) is 4.90 Å². The van der Waals surface area contributed by atoms with E-state index in [1.807, 2.05) is 18.7 Å². The van der Waals surface area contributed by atoms with Crippen LogP contribution in [0, 0.1) is 13.8 Å². The molecule has 0 aliphatic carbocycles. The molecule has 2 rings (SSSR count). The highest BCUT2D eigenvalue weighted by Gasteiger charge is 2.30. The highest BCUT2D eigenvalue weighted by Crippen LogP contribution is 2.28. The maximum atomic E-state index is 12.5. The minimum atomic E-state index is -0.0321. The zero-order chi connectivity index (χ0) is 16.3. The van der Waals surface area contributed by atoms with Gasteiger partial charge in [-0.25, -0.2) is 0 Å². The molecule has 0 aromatic heterocycles. The number of ether oxygens (including phenoxy) is 1. The Kier molecular flexibility index (Phi) is 7.52. The highest BCUT2D eigenvalue weighted by atomic mass is 35.5. The maximum Gasteiger partial charge on any atom is 0.223 e. The molecule has 130 valence electrons. The van der Waals surface area contributed by atoms with Crippen LogP contribution in [0.3, 0.4) is 0 Å². The number of hydrogen-bond donors (Lipinski definition) is 1. The van der Waals surface area contributed by atoms with E-state index in [-0.39, 0.29) is 36.5 Å². The van der Waals surface area contributed by atoms with Crippen LogP contribution in [0.1, 0.15) is 49.5 Å². The van der Waals surface area contributed by atoms with E-state index in [2.05, 4.69) is 32.0 Å². The molecule has 1 aromatic carbocycles. The summed E-state index contributed by atoms with van der Waals surface area (Å²) in [5.74, 6) is 0.184. The zero-order valence-corrected chi connectivity index (χ0v) is 15.4. The Morgan fingerprint density at radius 3 is 2.78 bits per heavy atom. The van der Waals surface area contributed by atoms with Crippen molar-refractivity contribution in [2.45, 2.75) is 58.7 Å². The molecular formula is C18H29ClN2O2. The summed E-state index contributed by atoms with van der Waals surface area (Å²) < 4.78 is 6.00. The van der Waals surface area contributed by atoms with Crippen LogP contribution < -0.4 is 5.73 Å². The molecule has 3 unspecified atom stereocenters. The van der Waals surface area contributed by atoms with Crippen LogP contribution in [-0.4, -0.2) is 36.0 Å². The van der Waals surface area contributed by atoms with Crippen molar-refractivity contribution in [2.24, 2.45) is 5.73 Å². The van der Waals surface area contributed by atoms with Gasteiger partial charge in [0.2, 0.25) is 5.91 Å². The number of rotatable bonds is 4. The fraction of sp³-hybridized carbons (Fsp3) is 0.611. The van der Waals surface area contributed by atoms with Crippen molar-refractivity contribution < 1.29 is 9.53 Å². The molecular weight excluding hydrogens is 312 g/mol. The molecule has 1 amide bonds. The first-order valence-corrected chi connectivity index (χ1v) is 8.12. The van der Waals surface area contributed by atoms with Crippen LogP contribution in [0.5, 0.6) is 0 Å². The van der Waals surface area contributed by atoms with Gasteiger partial charge in [-0.3, -0.25) is 4.79 Å². The second-order valence-electron chi connectivity index (χ2n) is 6.59. The summed E-state index contributed by atoms with van der Waals surface area (Å²) >= 11 is 0. The van der Waals surface area contributed by atoms with Crippen molar-refractivity contribution in [3.05, 3.63) is 34.9 Å². The van der Waals surface area contributed by atoms with Gasteiger partial charge in [0.15, 0.2) is 0 Å². The van der Waals surface area contributed by atoms with Gasteiger partial charge in [0.05, 0.1) is 19.2 Å². The lowest BCUT2D eigenvalue weighted by Gasteiger charge is -2.39. The van der Waals surface area contributed by atoms with Gasteiger partial charge < -0.3 is 15.4 Å². The molecule has 1 heterocycles. The monoisotopic (exact) mass is 340 g/mol. The van der Waals surface area contributed by atoms with E-state index in [0.717, 1.165) is 6.42 Å². The van der Waals surface area contributed by atoms with Gasteiger partial charge >= 0.3 is 0 Å². The van der Waals surface area contributed by atoms with E-state index in [9.17, 15) is 4.79 Å². The van der Waals surface area contributed by atoms with E-state index in [0.29, 0.717) is 19.6 Å². The molecule has 4 nitrogen and oxygen atoms in total. The zero-order valence-electron chi connectivity index (χ0n) is 14.5. The Hall–Kier alpha value is -1.10. The number of carbonyl (C=O) groups excluding carboxylic acids is 1. The quantitative estimate of drug-likeness (QED) is 0.916.